The van der Waals surface area contributed by atoms with Gasteiger partial charge in [-0.25, -0.2) is 4.79 Å². The predicted molar refractivity (Wildman–Crippen MR) is 120 cm³/mol. The Morgan fingerprint density at radius 3 is 2.44 bits per heavy atom. The van der Waals surface area contributed by atoms with Crippen LogP contribution in [0.2, 0.25) is 0 Å². The topological polar surface area (TPSA) is 89.7 Å². The number of nitriles is 1. The van der Waals surface area contributed by atoms with Gasteiger partial charge in [0.25, 0.3) is 0 Å². The highest BCUT2D eigenvalue weighted by Gasteiger charge is 2.35. The van der Waals surface area contributed by atoms with Gasteiger partial charge in [-0.05, 0) is 73.0 Å². The van der Waals surface area contributed by atoms with Gasteiger partial charge in [0.15, 0.2) is 0 Å². The minimum absolute atomic E-state index is 0.0392. The summed E-state index contributed by atoms with van der Waals surface area (Å²) in [6.45, 7) is 4.77. The number of nitrogens with zero attached hydrogens (tertiary/aromatic N) is 4. The first-order valence-electron chi connectivity index (χ1n) is 11.3. The molecule has 2 aliphatic heterocycles. The van der Waals surface area contributed by atoms with E-state index in [1.807, 2.05) is 36.4 Å². The molecule has 3 atom stereocenters. The summed E-state index contributed by atoms with van der Waals surface area (Å²) >= 11 is 0. The monoisotopic (exact) mass is 434 g/mol. The first-order valence-corrected chi connectivity index (χ1v) is 11.3. The first-order chi connectivity index (χ1) is 15.6. The number of amides is 1. The molecule has 1 aromatic carbocycles. The highest BCUT2D eigenvalue weighted by molar-refractivity contribution is 5.65. The Bertz CT molecular complexity index is 914. The molecule has 0 saturated carbocycles. The summed E-state index contributed by atoms with van der Waals surface area (Å²) in [6, 6.07) is 13.8. The minimum Gasteiger partial charge on any atom is -0.465 e. The fourth-order valence-corrected chi connectivity index (χ4v) is 5.02. The van der Waals surface area contributed by atoms with E-state index in [-0.39, 0.29) is 6.10 Å². The molecule has 7 nitrogen and oxygen atoms in total. The van der Waals surface area contributed by atoms with Gasteiger partial charge in [0.2, 0.25) is 0 Å². The van der Waals surface area contributed by atoms with Crippen LogP contribution in [0.1, 0.15) is 42.1 Å². The average molecular weight is 435 g/mol. The molecule has 2 saturated heterocycles. The van der Waals surface area contributed by atoms with Gasteiger partial charge >= 0.3 is 6.09 Å². The Kier molecular flexibility index (Phi) is 7.35. The van der Waals surface area contributed by atoms with E-state index in [4.69, 9.17) is 10.00 Å². The second-order valence-electron chi connectivity index (χ2n) is 8.95. The maximum Gasteiger partial charge on any atom is 0.407 e. The Hall–Kier alpha value is -2.95. The number of benzene rings is 1. The summed E-state index contributed by atoms with van der Waals surface area (Å²) in [5, 5.41) is 18.4. The maximum absolute atomic E-state index is 11.3. The van der Waals surface area contributed by atoms with Gasteiger partial charge in [0.1, 0.15) is 0 Å². The Morgan fingerprint density at radius 2 is 1.81 bits per heavy atom. The lowest BCUT2D eigenvalue weighted by Crippen LogP contribution is -2.53. The molecule has 2 fully saturated rings. The van der Waals surface area contributed by atoms with Crippen LogP contribution >= 0.6 is 0 Å². The third-order valence-corrected chi connectivity index (χ3v) is 6.48. The first kappa shape index (κ1) is 22.3. The maximum atomic E-state index is 11.3. The number of fused-ring (bicyclic) bond motifs is 2. The third kappa shape index (κ3) is 5.84. The standard InChI is InChI=1S/C25H30N4O3/c26-13-19-3-5-23(6-4-19)24(32-18-20-7-9-27-10-8-20)2-1-11-28-14-21-12-22(15-28)17-29(16-21)25(30)31/h3-10,21-22,24H,1-2,11-12,14-18H2,(H,30,31). The highest BCUT2D eigenvalue weighted by atomic mass is 16.5. The number of hydrogen-bond donors (Lipinski definition) is 1. The number of rotatable bonds is 8. The van der Waals surface area contributed by atoms with Crippen LogP contribution in [-0.4, -0.2) is 58.7 Å². The van der Waals surface area contributed by atoms with Crippen molar-refractivity contribution in [3.63, 3.8) is 0 Å². The van der Waals surface area contributed by atoms with Crippen molar-refractivity contribution < 1.29 is 14.6 Å². The number of aromatic nitrogens is 1. The molecule has 2 aromatic rings. The Labute approximate surface area is 189 Å². The van der Waals surface area contributed by atoms with Crippen molar-refractivity contribution in [1.82, 2.24) is 14.8 Å². The lowest BCUT2D eigenvalue weighted by atomic mass is 9.84. The zero-order valence-corrected chi connectivity index (χ0v) is 18.3. The van der Waals surface area contributed by atoms with Crippen molar-refractivity contribution in [3.8, 4) is 6.07 Å². The van der Waals surface area contributed by atoms with Gasteiger partial charge in [-0.15, -0.1) is 0 Å². The van der Waals surface area contributed by atoms with Gasteiger partial charge < -0.3 is 19.6 Å². The number of ether oxygens (including phenoxy) is 1. The van der Waals surface area contributed by atoms with Gasteiger partial charge in [0, 0.05) is 38.6 Å². The molecule has 2 aliphatic rings. The summed E-state index contributed by atoms with van der Waals surface area (Å²) in [5.41, 5.74) is 2.83. The lowest BCUT2D eigenvalue weighted by Gasteiger charge is -2.45. The van der Waals surface area contributed by atoms with E-state index in [0.717, 1.165) is 50.0 Å². The van der Waals surface area contributed by atoms with Crippen LogP contribution < -0.4 is 0 Å². The van der Waals surface area contributed by atoms with E-state index in [9.17, 15) is 9.90 Å². The van der Waals surface area contributed by atoms with Crippen molar-refractivity contribution in [1.29, 1.82) is 5.26 Å². The Balaban J connectivity index is 1.33. The summed E-state index contributed by atoms with van der Waals surface area (Å²) in [4.78, 5) is 19.5. The molecular formula is C25H30N4O3. The van der Waals surface area contributed by atoms with Gasteiger partial charge in [-0.1, -0.05) is 12.1 Å². The van der Waals surface area contributed by atoms with Crippen molar-refractivity contribution in [2.45, 2.75) is 32.0 Å². The molecule has 4 rings (SSSR count). The van der Waals surface area contributed by atoms with Crippen molar-refractivity contribution in [2.75, 3.05) is 32.7 Å². The molecule has 32 heavy (non-hydrogen) atoms. The van der Waals surface area contributed by atoms with E-state index < -0.39 is 6.09 Å². The van der Waals surface area contributed by atoms with Crippen molar-refractivity contribution in [2.24, 2.45) is 11.8 Å². The normalized spacial score (nSPS) is 21.7. The largest absolute Gasteiger partial charge is 0.465 e. The summed E-state index contributed by atoms with van der Waals surface area (Å²) in [5.74, 6) is 0.881. The molecule has 1 N–H and O–H groups in total. The SMILES string of the molecule is N#Cc1ccc(C(CCCN2CC3CC(C2)CN(C(=O)O)C3)OCc2ccncc2)cc1. The van der Waals surface area contributed by atoms with Gasteiger partial charge in [-0.2, -0.15) is 5.26 Å². The number of piperidine rings is 2. The zero-order valence-electron chi connectivity index (χ0n) is 18.3. The van der Waals surface area contributed by atoms with Crippen molar-refractivity contribution >= 4 is 6.09 Å². The molecular weight excluding hydrogens is 404 g/mol. The van der Waals surface area contributed by atoms with Crippen LogP contribution in [0.15, 0.2) is 48.8 Å². The number of carboxylic acid groups (broad SMARTS) is 1. The predicted octanol–water partition coefficient (Wildman–Crippen LogP) is 3.92. The van der Waals surface area contributed by atoms with Crippen LogP contribution in [0.4, 0.5) is 4.79 Å². The molecule has 0 spiro atoms. The second kappa shape index (κ2) is 10.6. The highest BCUT2D eigenvalue weighted by Crippen LogP contribution is 2.30. The van der Waals surface area contributed by atoms with E-state index in [1.54, 1.807) is 17.3 Å². The molecule has 0 radical (unpaired) electrons. The van der Waals surface area contributed by atoms with Crippen LogP contribution in [0.25, 0.3) is 0 Å². The van der Waals surface area contributed by atoms with Gasteiger partial charge in [-0.3, -0.25) is 4.98 Å². The molecule has 2 bridgehead atoms. The summed E-state index contributed by atoms with van der Waals surface area (Å²) < 4.78 is 6.29. The zero-order chi connectivity index (χ0) is 22.3. The molecule has 168 valence electrons. The van der Waals surface area contributed by atoms with E-state index in [1.165, 1.54) is 0 Å². The fraction of sp³-hybridized carbons (Fsp3) is 0.480. The number of hydrogen-bond acceptors (Lipinski definition) is 5. The second-order valence-corrected chi connectivity index (χ2v) is 8.95. The van der Waals surface area contributed by atoms with Crippen LogP contribution in [-0.2, 0) is 11.3 Å². The molecule has 7 heteroatoms. The van der Waals surface area contributed by atoms with Gasteiger partial charge in [0.05, 0.1) is 24.3 Å². The molecule has 0 aliphatic carbocycles. The minimum atomic E-state index is -0.787. The number of pyridine rings is 1. The van der Waals surface area contributed by atoms with E-state index in [2.05, 4.69) is 16.0 Å². The quantitative estimate of drug-likeness (QED) is 0.677. The average Bonchev–Trinajstić information content (AvgIpc) is 2.81. The van der Waals surface area contributed by atoms with E-state index in [0.29, 0.717) is 37.1 Å². The van der Waals surface area contributed by atoms with Crippen LogP contribution in [0.5, 0.6) is 0 Å². The number of carbonyl (C=O) groups is 1. The van der Waals surface area contributed by atoms with Crippen LogP contribution in [0.3, 0.4) is 0 Å². The molecule has 1 amide bonds. The molecule has 1 aromatic heterocycles. The van der Waals surface area contributed by atoms with E-state index >= 15 is 0 Å². The fourth-order valence-electron chi connectivity index (χ4n) is 5.02. The smallest absolute Gasteiger partial charge is 0.407 e. The molecule has 3 heterocycles. The third-order valence-electron chi connectivity index (χ3n) is 6.48. The lowest BCUT2D eigenvalue weighted by molar-refractivity contribution is 0.0184. The number of likely N-dealkylation sites (tertiary alicyclic amines) is 2. The summed E-state index contributed by atoms with van der Waals surface area (Å²) in [6.07, 6.45) is 5.76. The van der Waals surface area contributed by atoms with Crippen molar-refractivity contribution in [3.05, 3.63) is 65.5 Å². The van der Waals surface area contributed by atoms with Crippen LogP contribution in [0, 0.1) is 23.2 Å². The summed E-state index contributed by atoms with van der Waals surface area (Å²) in [7, 11) is 0. The molecule has 3 unspecified atom stereocenters. The Morgan fingerprint density at radius 1 is 1.12 bits per heavy atom.